The molecule has 9 nitrogen and oxygen atoms in total. The summed E-state index contributed by atoms with van der Waals surface area (Å²) in [5.41, 5.74) is 0.320. The number of hydrogen-bond donors (Lipinski definition) is 2. The molecule has 1 saturated carbocycles. The van der Waals surface area contributed by atoms with Gasteiger partial charge in [0.25, 0.3) is 5.92 Å². The number of benzene rings is 1. The topological polar surface area (TPSA) is 107 Å². The smallest absolute Gasteiger partial charge is 0.338 e. The number of hydrogen-bond acceptors (Lipinski definition) is 9. The molecule has 6 rings (SSSR count). The molecule has 2 N–H and O–H groups in total. The molecule has 224 valence electrons. The first-order chi connectivity index (χ1) is 20.0. The van der Waals surface area contributed by atoms with Crippen LogP contribution in [0.3, 0.4) is 0 Å². The van der Waals surface area contributed by atoms with E-state index in [1.165, 1.54) is 17.4 Å². The molecule has 3 fully saturated rings. The lowest BCUT2D eigenvalue weighted by molar-refractivity contribution is -0.145. The SMILES string of the molecule is CCOC(=O)C1=C(CN2CC(F)(F)C3C2CCN3CC2(C(=O)O)CC2)NC(c2nccs2)=N[C@H]1c1cccc(F)c1C. The lowest BCUT2D eigenvalue weighted by Crippen LogP contribution is -2.48. The quantitative estimate of drug-likeness (QED) is 0.418. The van der Waals surface area contributed by atoms with Crippen molar-refractivity contribution in [1.29, 1.82) is 0 Å². The second-order valence-corrected chi connectivity index (χ2v) is 12.3. The van der Waals surface area contributed by atoms with Crippen LogP contribution in [0.2, 0.25) is 0 Å². The standard InChI is InChI=1S/C29H32F3N5O4S/c1-3-41-26(38)21-19(34-24(25-33-10-12-42-25)35-22(21)17-5-4-6-18(30)16(17)2)13-37-15-29(31,32)23-20(37)7-11-36(23)14-28(8-9-28)27(39)40/h4-6,10,12,20,22-23H,3,7-9,11,13-15H2,1-2H3,(H,34,35)(H,39,40)/t20?,22-,23?/m0/s1. The van der Waals surface area contributed by atoms with Gasteiger partial charge in [-0.05, 0) is 50.3 Å². The first-order valence-corrected chi connectivity index (χ1v) is 14.9. The van der Waals surface area contributed by atoms with E-state index in [0.29, 0.717) is 53.5 Å². The van der Waals surface area contributed by atoms with E-state index in [2.05, 4.69) is 10.3 Å². The first-order valence-electron chi connectivity index (χ1n) is 14.0. The van der Waals surface area contributed by atoms with Gasteiger partial charge in [-0.15, -0.1) is 11.3 Å². The number of esters is 1. The molecular formula is C29H32F3N5O4S. The maximum atomic E-state index is 15.6. The Hall–Kier alpha value is -3.29. The number of carbonyl (C=O) groups is 2. The van der Waals surface area contributed by atoms with Crippen molar-refractivity contribution in [1.82, 2.24) is 20.1 Å². The number of carbonyl (C=O) groups excluding carboxylic acids is 1. The second kappa shape index (κ2) is 10.8. The van der Waals surface area contributed by atoms with Gasteiger partial charge >= 0.3 is 11.9 Å². The predicted octanol–water partition coefficient (Wildman–Crippen LogP) is 3.76. The van der Waals surface area contributed by atoms with Crippen LogP contribution < -0.4 is 5.32 Å². The monoisotopic (exact) mass is 603 g/mol. The largest absolute Gasteiger partial charge is 0.481 e. The Morgan fingerprint density at radius 3 is 2.71 bits per heavy atom. The molecule has 4 heterocycles. The molecule has 2 unspecified atom stereocenters. The third kappa shape index (κ3) is 5.01. The van der Waals surface area contributed by atoms with Crippen LogP contribution in [0.5, 0.6) is 0 Å². The van der Waals surface area contributed by atoms with E-state index in [4.69, 9.17) is 9.73 Å². The highest BCUT2D eigenvalue weighted by molar-refractivity contribution is 7.11. The van der Waals surface area contributed by atoms with E-state index in [1.54, 1.807) is 47.4 Å². The Morgan fingerprint density at radius 2 is 2.05 bits per heavy atom. The summed E-state index contributed by atoms with van der Waals surface area (Å²) in [6.07, 6.45) is 3.03. The highest BCUT2D eigenvalue weighted by atomic mass is 32.1. The molecule has 4 aliphatic rings. The van der Waals surface area contributed by atoms with Crippen LogP contribution in [0.4, 0.5) is 13.2 Å². The van der Waals surface area contributed by atoms with E-state index in [9.17, 15) is 19.1 Å². The average Bonchev–Trinajstić information content (AvgIpc) is 3.25. The Bertz CT molecular complexity index is 1460. The third-order valence-corrected chi connectivity index (χ3v) is 9.60. The molecule has 0 bridgehead atoms. The Labute approximate surface area is 245 Å². The number of carboxylic acid groups (broad SMARTS) is 1. The van der Waals surface area contributed by atoms with Gasteiger partial charge in [-0.25, -0.2) is 22.9 Å². The van der Waals surface area contributed by atoms with Crippen LogP contribution in [-0.2, 0) is 14.3 Å². The number of ether oxygens (including phenoxy) is 1. The van der Waals surface area contributed by atoms with Gasteiger partial charge in [0.2, 0.25) is 0 Å². The fraction of sp³-hybridized carbons (Fsp3) is 0.517. The number of thiazole rings is 1. The number of fused-ring (bicyclic) bond motifs is 1. The summed E-state index contributed by atoms with van der Waals surface area (Å²) >= 11 is 1.32. The van der Waals surface area contributed by atoms with Crippen molar-refractivity contribution in [2.75, 3.05) is 32.8 Å². The number of rotatable bonds is 9. The molecule has 0 amide bonds. The van der Waals surface area contributed by atoms with E-state index in [0.717, 1.165) is 0 Å². The normalized spacial score (nSPS) is 26.5. The van der Waals surface area contributed by atoms with Gasteiger partial charge in [0.15, 0.2) is 10.8 Å². The minimum atomic E-state index is -3.08. The summed E-state index contributed by atoms with van der Waals surface area (Å²) < 4.78 is 51.4. The Kier molecular flexibility index (Phi) is 7.38. The maximum absolute atomic E-state index is 15.6. The lowest BCUT2D eigenvalue weighted by Gasteiger charge is -2.31. The maximum Gasteiger partial charge on any atom is 0.338 e. The highest BCUT2D eigenvalue weighted by Gasteiger charge is 2.62. The van der Waals surface area contributed by atoms with Crippen molar-refractivity contribution in [3.05, 3.63) is 63.0 Å². The number of likely N-dealkylation sites (tertiary alicyclic amines) is 2. The molecule has 1 aromatic heterocycles. The van der Waals surface area contributed by atoms with E-state index in [1.807, 2.05) is 0 Å². The van der Waals surface area contributed by atoms with Crippen molar-refractivity contribution >= 4 is 29.1 Å². The van der Waals surface area contributed by atoms with Gasteiger partial charge in [0.1, 0.15) is 11.9 Å². The van der Waals surface area contributed by atoms with Crippen LogP contribution in [0.15, 0.2) is 46.0 Å². The third-order valence-electron chi connectivity index (χ3n) is 8.82. The molecule has 0 spiro atoms. The molecule has 3 atom stereocenters. The number of nitrogens with zero attached hydrogens (tertiary/aromatic N) is 4. The van der Waals surface area contributed by atoms with Crippen LogP contribution in [-0.4, -0.2) is 88.5 Å². The minimum absolute atomic E-state index is 0.0297. The first kappa shape index (κ1) is 28.8. The second-order valence-electron chi connectivity index (χ2n) is 11.4. The zero-order valence-electron chi connectivity index (χ0n) is 23.3. The predicted molar refractivity (Wildman–Crippen MR) is 149 cm³/mol. The van der Waals surface area contributed by atoms with Crippen LogP contribution in [0.1, 0.15) is 48.4 Å². The number of alkyl halides is 2. The zero-order chi connectivity index (χ0) is 29.8. The van der Waals surface area contributed by atoms with Gasteiger partial charge in [0.05, 0.1) is 30.2 Å². The van der Waals surface area contributed by atoms with Crippen molar-refractivity contribution in [3.8, 4) is 0 Å². The van der Waals surface area contributed by atoms with Crippen molar-refractivity contribution in [2.24, 2.45) is 10.4 Å². The van der Waals surface area contributed by atoms with E-state index < -0.39 is 53.8 Å². The summed E-state index contributed by atoms with van der Waals surface area (Å²) in [6, 6.07) is 1.95. The summed E-state index contributed by atoms with van der Waals surface area (Å²) in [7, 11) is 0. The van der Waals surface area contributed by atoms with Gasteiger partial charge in [-0.1, -0.05) is 12.1 Å². The van der Waals surface area contributed by atoms with E-state index >= 15 is 8.78 Å². The summed E-state index contributed by atoms with van der Waals surface area (Å²) in [5, 5.41) is 15.2. The fourth-order valence-corrected chi connectivity index (χ4v) is 7.14. The van der Waals surface area contributed by atoms with Crippen LogP contribution in [0, 0.1) is 18.2 Å². The fourth-order valence-electron chi connectivity index (χ4n) is 6.55. The number of aromatic nitrogens is 1. The Balaban J connectivity index is 1.37. The molecule has 1 aromatic carbocycles. The summed E-state index contributed by atoms with van der Waals surface area (Å²) in [5.74, 6) is -4.78. The minimum Gasteiger partial charge on any atom is -0.481 e. The molecule has 42 heavy (non-hydrogen) atoms. The number of nitrogens with one attached hydrogen (secondary N) is 1. The molecule has 2 saturated heterocycles. The van der Waals surface area contributed by atoms with Gasteiger partial charge in [-0.2, -0.15) is 0 Å². The van der Waals surface area contributed by atoms with Crippen molar-refractivity contribution < 1.29 is 32.6 Å². The van der Waals surface area contributed by atoms with Crippen molar-refractivity contribution in [3.63, 3.8) is 0 Å². The van der Waals surface area contributed by atoms with Crippen LogP contribution >= 0.6 is 11.3 Å². The lowest BCUT2D eigenvalue weighted by atomic mass is 9.92. The van der Waals surface area contributed by atoms with Gasteiger partial charge < -0.3 is 15.2 Å². The molecule has 2 aromatic rings. The number of aliphatic carboxylic acids is 1. The molecule has 1 aliphatic carbocycles. The molecule has 3 aliphatic heterocycles. The molecular weight excluding hydrogens is 571 g/mol. The number of halogens is 3. The van der Waals surface area contributed by atoms with Crippen LogP contribution in [0.25, 0.3) is 0 Å². The summed E-state index contributed by atoms with van der Waals surface area (Å²) in [6.45, 7) is 3.25. The van der Waals surface area contributed by atoms with Gasteiger partial charge in [0, 0.05) is 43.0 Å². The number of aliphatic imine (C=N–C) groups is 1. The highest BCUT2D eigenvalue weighted by Crippen LogP contribution is 2.50. The zero-order valence-corrected chi connectivity index (χ0v) is 24.1. The molecule has 0 radical (unpaired) electrons. The summed E-state index contributed by atoms with van der Waals surface area (Å²) in [4.78, 5) is 37.7. The molecule has 13 heteroatoms. The van der Waals surface area contributed by atoms with E-state index in [-0.39, 0.29) is 25.3 Å². The number of carboxylic acids is 1. The average molecular weight is 604 g/mol. The Morgan fingerprint density at radius 1 is 1.26 bits per heavy atom. The number of amidine groups is 1. The van der Waals surface area contributed by atoms with Gasteiger partial charge in [-0.3, -0.25) is 19.6 Å². The van der Waals surface area contributed by atoms with Crippen molar-refractivity contribution in [2.45, 2.75) is 57.2 Å².